The summed E-state index contributed by atoms with van der Waals surface area (Å²) in [6, 6.07) is 20.4. The average molecular weight is 430 g/mol. The van der Waals surface area contributed by atoms with Gasteiger partial charge in [0.15, 0.2) is 5.78 Å². The summed E-state index contributed by atoms with van der Waals surface area (Å²) in [6.45, 7) is 5.30. The molecule has 158 valence electrons. The van der Waals surface area contributed by atoms with Crippen LogP contribution >= 0.6 is 11.3 Å². The Balaban J connectivity index is 1.45. The van der Waals surface area contributed by atoms with Gasteiger partial charge >= 0.3 is 0 Å². The van der Waals surface area contributed by atoms with Crippen LogP contribution in [0.25, 0.3) is 10.6 Å². The number of benzene rings is 2. The lowest BCUT2D eigenvalue weighted by atomic mass is 10.0. The van der Waals surface area contributed by atoms with Crippen molar-refractivity contribution in [1.29, 1.82) is 0 Å². The van der Waals surface area contributed by atoms with Gasteiger partial charge in [0, 0.05) is 40.9 Å². The third-order valence-electron chi connectivity index (χ3n) is 5.67. The minimum absolute atomic E-state index is 0.186. The SMILES string of the molecule is Cc1cc(C(=O)CCc2ccc(CN)cc2)c(C)n1Cc1csc(-c2ccccc2)n1. The predicted molar refractivity (Wildman–Crippen MR) is 128 cm³/mol. The number of nitrogens with two attached hydrogens (primary N) is 1. The Morgan fingerprint density at radius 2 is 1.74 bits per heavy atom. The van der Waals surface area contributed by atoms with Crippen molar-refractivity contribution in [3.8, 4) is 10.6 Å². The zero-order valence-corrected chi connectivity index (χ0v) is 18.8. The summed E-state index contributed by atoms with van der Waals surface area (Å²) in [6.07, 6.45) is 1.24. The molecule has 0 saturated carbocycles. The third kappa shape index (κ3) is 4.84. The van der Waals surface area contributed by atoms with Crippen LogP contribution in [0.5, 0.6) is 0 Å². The Bertz CT molecular complexity index is 1170. The molecule has 0 atom stereocenters. The van der Waals surface area contributed by atoms with Crippen molar-refractivity contribution in [2.75, 3.05) is 0 Å². The highest BCUT2D eigenvalue weighted by atomic mass is 32.1. The molecule has 0 unspecified atom stereocenters. The molecule has 0 radical (unpaired) electrons. The van der Waals surface area contributed by atoms with E-state index < -0.39 is 0 Å². The molecule has 0 aliphatic carbocycles. The van der Waals surface area contributed by atoms with Gasteiger partial charge in [-0.3, -0.25) is 4.79 Å². The molecule has 31 heavy (non-hydrogen) atoms. The van der Waals surface area contributed by atoms with Gasteiger partial charge in [-0.15, -0.1) is 11.3 Å². The number of rotatable bonds is 8. The van der Waals surface area contributed by atoms with Crippen LogP contribution in [0, 0.1) is 13.8 Å². The Labute approximate surface area is 187 Å². The maximum atomic E-state index is 12.9. The average Bonchev–Trinajstić information content (AvgIpc) is 3.39. The lowest BCUT2D eigenvalue weighted by Gasteiger charge is -2.08. The predicted octanol–water partition coefficient (Wildman–Crippen LogP) is 5.55. The van der Waals surface area contributed by atoms with Gasteiger partial charge in [0.25, 0.3) is 0 Å². The minimum Gasteiger partial charge on any atom is -0.342 e. The van der Waals surface area contributed by atoms with E-state index in [4.69, 9.17) is 10.7 Å². The molecule has 0 saturated heterocycles. The van der Waals surface area contributed by atoms with Crippen LogP contribution in [0.3, 0.4) is 0 Å². The standard InChI is InChI=1S/C26H27N3OS/c1-18-14-24(25(30)13-12-20-8-10-21(15-27)11-9-20)19(2)29(18)16-23-17-31-26(28-23)22-6-4-3-5-7-22/h3-11,14,17H,12-13,15-16,27H2,1-2H3. The summed E-state index contributed by atoms with van der Waals surface area (Å²) in [4.78, 5) is 17.7. The lowest BCUT2D eigenvalue weighted by molar-refractivity contribution is 0.0982. The highest BCUT2D eigenvalue weighted by Gasteiger charge is 2.17. The molecule has 0 aliphatic heterocycles. The van der Waals surface area contributed by atoms with Gasteiger partial charge in [-0.2, -0.15) is 0 Å². The zero-order valence-electron chi connectivity index (χ0n) is 18.0. The first-order valence-corrected chi connectivity index (χ1v) is 11.4. The van der Waals surface area contributed by atoms with E-state index in [-0.39, 0.29) is 5.78 Å². The highest BCUT2D eigenvalue weighted by Crippen LogP contribution is 2.25. The normalized spacial score (nSPS) is 11.1. The van der Waals surface area contributed by atoms with Crippen molar-refractivity contribution in [2.24, 2.45) is 5.73 Å². The summed E-state index contributed by atoms with van der Waals surface area (Å²) < 4.78 is 2.19. The van der Waals surface area contributed by atoms with E-state index in [9.17, 15) is 4.79 Å². The second-order valence-corrected chi connectivity index (χ2v) is 8.68. The molecule has 2 aromatic heterocycles. The van der Waals surface area contributed by atoms with E-state index >= 15 is 0 Å². The Morgan fingerprint density at radius 1 is 1.03 bits per heavy atom. The van der Waals surface area contributed by atoms with Gasteiger partial charge in [-0.1, -0.05) is 54.6 Å². The van der Waals surface area contributed by atoms with E-state index in [0.29, 0.717) is 19.5 Å². The number of hydrogen-bond donors (Lipinski definition) is 1. The number of aryl methyl sites for hydroxylation is 2. The smallest absolute Gasteiger partial charge is 0.165 e. The molecule has 0 amide bonds. The first-order valence-electron chi connectivity index (χ1n) is 10.5. The van der Waals surface area contributed by atoms with Crippen molar-refractivity contribution in [3.63, 3.8) is 0 Å². The van der Waals surface area contributed by atoms with Crippen molar-refractivity contribution in [3.05, 3.63) is 99.8 Å². The maximum absolute atomic E-state index is 12.9. The first-order chi connectivity index (χ1) is 15.0. The number of ketones is 1. The van der Waals surface area contributed by atoms with Gasteiger partial charge in [0.2, 0.25) is 0 Å². The number of Topliss-reactive ketones (excluding diaryl/α,β-unsaturated/α-hetero) is 1. The van der Waals surface area contributed by atoms with Gasteiger partial charge in [0.05, 0.1) is 12.2 Å². The molecule has 0 spiro atoms. The van der Waals surface area contributed by atoms with Crippen molar-refractivity contribution >= 4 is 17.1 Å². The summed E-state index contributed by atoms with van der Waals surface area (Å²) in [5.74, 6) is 0.186. The molecular formula is C26H27N3OS. The molecule has 0 aliphatic rings. The largest absolute Gasteiger partial charge is 0.342 e. The number of nitrogens with zero attached hydrogens (tertiary/aromatic N) is 2. The van der Waals surface area contributed by atoms with Crippen LogP contribution in [-0.2, 0) is 19.5 Å². The highest BCUT2D eigenvalue weighted by molar-refractivity contribution is 7.13. The van der Waals surface area contributed by atoms with Crippen LogP contribution in [0.2, 0.25) is 0 Å². The molecule has 4 nitrogen and oxygen atoms in total. The number of hydrogen-bond acceptors (Lipinski definition) is 4. The molecule has 2 N–H and O–H groups in total. The van der Waals surface area contributed by atoms with Gasteiger partial charge in [-0.05, 0) is 37.5 Å². The van der Waals surface area contributed by atoms with Crippen molar-refractivity contribution in [2.45, 2.75) is 39.8 Å². The van der Waals surface area contributed by atoms with E-state index in [1.807, 2.05) is 43.3 Å². The maximum Gasteiger partial charge on any atom is 0.165 e. The van der Waals surface area contributed by atoms with E-state index in [1.54, 1.807) is 11.3 Å². The number of aromatic nitrogens is 2. The van der Waals surface area contributed by atoms with Crippen molar-refractivity contribution < 1.29 is 4.79 Å². The van der Waals surface area contributed by atoms with E-state index in [2.05, 4.69) is 41.1 Å². The van der Waals surface area contributed by atoms with Crippen LogP contribution < -0.4 is 5.73 Å². The molecule has 4 rings (SSSR count). The fourth-order valence-corrected chi connectivity index (χ4v) is 4.63. The van der Waals surface area contributed by atoms with Gasteiger partial charge < -0.3 is 10.3 Å². The van der Waals surface area contributed by atoms with Gasteiger partial charge in [-0.25, -0.2) is 4.98 Å². The second-order valence-electron chi connectivity index (χ2n) is 7.82. The molecular weight excluding hydrogens is 402 g/mol. The summed E-state index contributed by atoms with van der Waals surface area (Å²) >= 11 is 1.66. The second kappa shape index (κ2) is 9.41. The van der Waals surface area contributed by atoms with Crippen molar-refractivity contribution in [1.82, 2.24) is 9.55 Å². The van der Waals surface area contributed by atoms with E-state index in [0.717, 1.165) is 50.8 Å². The fraction of sp³-hybridized carbons (Fsp3) is 0.231. The molecule has 2 aromatic carbocycles. The fourth-order valence-electron chi connectivity index (χ4n) is 3.82. The number of carbonyl (C=O) groups is 1. The van der Waals surface area contributed by atoms with Gasteiger partial charge in [0.1, 0.15) is 5.01 Å². The number of thiazole rings is 1. The zero-order chi connectivity index (χ0) is 21.8. The summed E-state index contributed by atoms with van der Waals surface area (Å²) in [7, 11) is 0. The molecule has 0 fully saturated rings. The van der Waals surface area contributed by atoms with E-state index in [1.165, 1.54) is 0 Å². The minimum atomic E-state index is 0.186. The Morgan fingerprint density at radius 3 is 2.45 bits per heavy atom. The number of carbonyl (C=O) groups excluding carboxylic acids is 1. The quantitative estimate of drug-likeness (QED) is 0.374. The van der Waals surface area contributed by atoms with Crippen LogP contribution in [0.1, 0.15) is 45.0 Å². The van der Waals surface area contributed by atoms with Crippen LogP contribution in [-0.4, -0.2) is 15.3 Å². The topological polar surface area (TPSA) is 60.9 Å². The molecule has 5 heteroatoms. The Kier molecular flexibility index (Phi) is 6.44. The third-order valence-corrected chi connectivity index (χ3v) is 6.61. The lowest BCUT2D eigenvalue weighted by Crippen LogP contribution is -2.07. The molecule has 2 heterocycles. The molecule has 4 aromatic rings. The van der Waals surface area contributed by atoms with Crippen LogP contribution in [0.4, 0.5) is 0 Å². The summed E-state index contributed by atoms with van der Waals surface area (Å²) in [5.41, 5.74) is 13.0. The Hall–Kier alpha value is -3.02. The first kappa shape index (κ1) is 21.2. The monoisotopic (exact) mass is 429 g/mol. The van der Waals surface area contributed by atoms with Crippen LogP contribution in [0.15, 0.2) is 66.0 Å². The molecule has 0 bridgehead atoms. The summed E-state index contributed by atoms with van der Waals surface area (Å²) in [5, 5.41) is 3.13.